The lowest BCUT2D eigenvalue weighted by Gasteiger charge is -2.32. The molecular formula is C52H34N4S. The van der Waals surface area contributed by atoms with Gasteiger partial charge in [-0.05, 0) is 90.0 Å². The molecule has 0 amide bonds. The third kappa shape index (κ3) is 5.88. The van der Waals surface area contributed by atoms with E-state index >= 15 is 0 Å². The van der Waals surface area contributed by atoms with E-state index in [4.69, 9.17) is 9.97 Å². The molecule has 3 heterocycles. The molecule has 0 atom stereocenters. The normalized spacial score (nSPS) is 12.1. The van der Waals surface area contributed by atoms with Gasteiger partial charge in [-0.1, -0.05) is 139 Å². The van der Waals surface area contributed by atoms with Crippen LogP contribution in [-0.2, 0) is 0 Å². The molecule has 57 heavy (non-hydrogen) atoms. The molecule has 5 heteroatoms. The summed E-state index contributed by atoms with van der Waals surface area (Å²) in [5, 5.41) is 2.43. The van der Waals surface area contributed by atoms with E-state index in [0.29, 0.717) is 5.82 Å². The van der Waals surface area contributed by atoms with Crippen molar-refractivity contribution in [1.82, 2.24) is 14.5 Å². The predicted octanol–water partition coefficient (Wildman–Crippen LogP) is 14.2. The number of anilines is 3. The number of rotatable bonds is 6. The molecule has 1 aliphatic rings. The van der Waals surface area contributed by atoms with Crippen molar-refractivity contribution in [3.8, 4) is 50.7 Å². The number of hydrogen-bond acceptors (Lipinski definition) is 4. The Hall–Kier alpha value is -7.21. The Morgan fingerprint density at radius 2 is 0.877 bits per heavy atom. The molecule has 10 aromatic rings. The van der Waals surface area contributed by atoms with Gasteiger partial charge in [-0.2, -0.15) is 0 Å². The molecule has 1 aliphatic heterocycles. The summed E-state index contributed by atoms with van der Waals surface area (Å²) < 4.78 is 2.39. The molecular weight excluding hydrogens is 713 g/mol. The second-order valence-electron chi connectivity index (χ2n) is 14.2. The Kier molecular flexibility index (Phi) is 8.04. The van der Waals surface area contributed by atoms with Crippen molar-refractivity contribution < 1.29 is 0 Å². The van der Waals surface area contributed by atoms with Crippen LogP contribution in [0.4, 0.5) is 17.1 Å². The van der Waals surface area contributed by atoms with Crippen molar-refractivity contribution in [2.24, 2.45) is 0 Å². The Labute approximate surface area is 335 Å². The summed E-state index contributed by atoms with van der Waals surface area (Å²) in [4.78, 5) is 15.1. The molecule has 0 fully saturated rings. The monoisotopic (exact) mass is 746 g/mol. The lowest BCUT2D eigenvalue weighted by Crippen LogP contribution is -2.14. The van der Waals surface area contributed by atoms with Gasteiger partial charge in [0, 0.05) is 48.6 Å². The van der Waals surface area contributed by atoms with E-state index in [0.717, 1.165) is 50.6 Å². The Morgan fingerprint density at radius 3 is 1.56 bits per heavy atom. The fourth-order valence-corrected chi connectivity index (χ4v) is 9.15. The minimum atomic E-state index is 0.702. The highest BCUT2D eigenvalue weighted by atomic mass is 32.2. The van der Waals surface area contributed by atoms with Crippen LogP contribution in [0.15, 0.2) is 216 Å². The van der Waals surface area contributed by atoms with Crippen molar-refractivity contribution >= 4 is 50.6 Å². The average molecular weight is 747 g/mol. The van der Waals surface area contributed by atoms with E-state index in [1.165, 1.54) is 43.0 Å². The first-order valence-corrected chi connectivity index (χ1v) is 20.0. The minimum absolute atomic E-state index is 0.702. The highest BCUT2D eigenvalue weighted by Crippen LogP contribution is 2.51. The van der Waals surface area contributed by atoms with Crippen molar-refractivity contribution in [3.05, 3.63) is 206 Å². The summed E-state index contributed by atoms with van der Waals surface area (Å²) in [5.74, 6) is 0.702. The highest BCUT2D eigenvalue weighted by molar-refractivity contribution is 7.99. The van der Waals surface area contributed by atoms with Gasteiger partial charge in [-0.25, -0.2) is 9.97 Å². The number of benzene rings is 8. The standard InChI is InChI=1S/C52H34N4S/c1-3-14-35(15-4-1)44-34-45(36-16-5-2-6-17-36)54-52(53-44)39-19-13-18-37(32-39)38-26-31-47-43(33-38)42-20-7-8-21-46(42)55(47)40-27-29-41(30-28-40)56-48-22-9-11-24-50(48)57-51-25-12-10-23-49(51)56/h1-34H. The first-order chi connectivity index (χ1) is 28.2. The maximum atomic E-state index is 5.10. The van der Waals surface area contributed by atoms with Gasteiger partial charge in [0.25, 0.3) is 0 Å². The summed E-state index contributed by atoms with van der Waals surface area (Å²) in [5.41, 5.74) is 14.2. The van der Waals surface area contributed by atoms with Gasteiger partial charge in [0.15, 0.2) is 5.82 Å². The molecule has 0 saturated heterocycles. The van der Waals surface area contributed by atoms with Gasteiger partial charge in [0.05, 0.1) is 33.8 Å². The van der Waals surface area contributed by atoms with Gasteiger partial charge in [-0.3, -0.25) is 0 Å². The van der Waals surface area contributed by atoms with Crippen LogP contribution in [0.25, 0.3) is 72.5 Å². The van der Waals surface area contributed by atoms with Gasteiger partial charge in [0.2, 0.25) is 0 Å². The van der Waals surface area contributed by atoms with Crippen LogP contribution in [0, 0.1) is 0 Å². The largest absolute Gasteiger partial charge is 0.309 e. The summed E-state index contributed by atoms with van der Waals surface area (Å²) in [6.07, 6.45) is 0. The van der Waals surface area contributed by atoms with E-state index in [-0.39, 0.29) is 0 Å². The second-order valence-corrected chi connectivity index (χ2v) is 15.3. The zero-order valence-electron chi connectivity index (χ0n) is 30.8. The molecule has 268 valence electrons. The van der Waals surface area contributed by atoms with Gasteiger partial charge >= 0.3 is 0 Å². The average Bonchev–Trinajstić information content (AvgIpc) is 3.62. The van der Waals surface area contributed by atoms with Crippen molar-refractivity contribution in [2.45, 2.75) is 9.79 Å². The van der Waals surface area contributed by atoms with E-state index in [9.17, 15) is 0 Å². The zero-order valence-corrected chi connectivity index (χ0v) is 31.6. The highest BCUT2D eigenvalue weighted by Gasteiger charge is 2.24. The topological polar surface area (TPSA) is 34.0 Å². The number of hydrogen-bond donors (Lipinski definition) is 0. The van der Waals surface area contributed by atoms with E-state index in [1.54, 1.807) is 0 Å². The molecule has 0 saturated carbocycles. The van der Waals surface area contributed by atoms with Crippen molar-refractivity contribution in [2.75, 3.05) is 4.90 Å². The van der Waals surface area contributed by atoms with Crippen LogP contribution in [0.5, 0.6) is 0 Å². The molecule has 0 unspecified atom stereocenters. The van der Waals surface area contributed by atoms with Crippen molar-refractivity contribution in [3.63, 3.8) is 0 Å². The smallest absolute Gasteiger partial charge is 0.160 e. The quantitative estimate of drug-likeness (QED) is 0.170. The third-order valence-electron chi connectivity index (χ3n) is 10.8. The maximum Gasteiger partial charge on any atom is 0.160 e. The van der Waals surface area contributed by atoms with Gasteiger partial charge in [0.1, 0.15) is 0 Å². The minimum Gasteiger partial charge on any atom is -0.309 e. The maximum absolute atomic E-state index is 5.10. The molecule has 8 aromatic carbocycles. The summed E-state index contributed by atoms with van der Waals surface area (Å²) in [6.45, 7) is 0. The molecule has 0 radical (unpaired) electrons. The van der Waals surface area contributed by atoms with Crippen LogP contribution in [0.3, 0.4) is 0 Å². The molecule has 0 aliphatic carbocycles. The second kappa shape index (κ2) is 13.8. The lowest BCUT2D eigenvalue weighted by atomic mass is 10.00. The van der Waals surface area contributed by atoms with Gasteiger partial charge in [-0.15, -0.1) is 0 Å². The Balaban J connectivity index is 0.987. The number of para-hydroxylation sites is 3. The van der Waals surface area contributed by atoms with Crippen LogP contribution < -0.4 is 4.90 Å². The SMILES string of the molecule is c1ccc(-c2cc(-c3ccccc3)nc(-c3cccc(-c4ccc5c(c4)c4ccccc4n5-c4ccc(N5c6ccccc6Sc6ccccc65)cc4)c3)n2)cc1. The number of aromatic nitrogens is 3. The molecule has 11 rings (SSSR count). The van der Waals surface area contributed by atoms with E-state index in [2.05, 4.69) is 204 Å². The summed E-state index contributed by atoms with van der Waals surface area (Å²) in [6, 6.07) is 73.2. The van der Waals surface area contributed by atoms with Gasteiger partial charge < -0.3 is 9.47 Å². The van der Waals surface area contributed by atoms with Crippen LogP contribution in [0.1, 0.15) is 0 Å². The zero-order chi connectivity index (χ0) is 37.7. The third-order valence-corrected chi connectivity index (χ3v) is 11.9. The fraction of sp³-hybridized carbons (Fsp3) is 0. The van der Waals surface area contributed by atoms with Crippen LogP contribution >= 0.6 is 11.8 Å². The fourth-order valence-electron chi connectivity index (χ4n) is 8.09. The Morgan fingerprint density at radius 1 is 0.351 bits per heavy atom. The van der Waals surface area contributed by atoms with Crippen LogP contribution in [0.2, 0.25) is 0 Å². The molecule has 0 spiro atoms. The first kappa shape index (κ1) is 33.2. The molecule has 0 N–H and O–H groups in total. The predicted molar refractivity (Wildman–Crippen MR) is 237 cm³/mol. The number of nitrogens with zero attached hydrogens (tertiary/aromatic N) is 4. The van der Waals surface area contributed by atoms with Crippen LogP contribution in [-0.4, -0.2) is 14.5 Å². The lowest BCUT2D eigenvalue weighted by molar-refractivity contribution is 1.15. The summed E-state index contributed by atoms with van der Waals surface area (Å²) in [7, 11) is 0. The molecule has 2 aromatic heterocycles. The molecule has 4 nitrogen and oxygen atoms in total. The Bertz CT molecular complexity index is 3000. The van der Waals surface area contributed by atoms with E-state index < -0.39 is 0 Å². The van der Waals surface area contributed by atoms with Crippen molar-refractivity contribution in [1.29, 1.82) is 0 Å². The summed E-state index contributed by atoms with van der Waals surface area (Å²) >= 11 is 1.83. The van der Waals surface area contributed by atoms with E-state index in [1.807, 2.05) is 23.9 Å². The number of fused-ring (bicyclic) bond motifs is 5. The first-order valence-electron chi connectivity index (χ1n) is 19.2. The molecule has 0 bridgehead atoms.